The second-order valence-electron chi connectivity index (χ2n) is 4.08. The van der Waals surface area contributed by atoms with Gasteiger partial charge in [-0.2, -0.15) is 5.10 Å². The lowest BCUT2D eigenvalue weighted by Gasteiger charge is -2.08. The molecule has 0 aliphatic carbocycles. The Morgan fingerprint density at radius 1 is 1.53 bits per heavy atom. The van der Waals surface area contributed by atoms with E-state index in [4.69, 9.17) is 5.11 Å². The number of hydrogen-bond acceptors (Lipinski definition) is 5. The van der Waals surface area contributed by atoms with Crippen LogP contribution in [0.5, 0.6) is 0 Å². The molecule has 1 aromatic carbocycles. The van der Waals surface area contributed by atoms with Gasteiger partial charge in [0.05, 0.1) is 35.7 Å². The van der Waals surface area contributed by atoms with Gasteiger partial charge in [0.15, 0.2) is 0 Å². The van der Waals surface area contributed by atoms with Crippen LogP contribution in [-0.2, 0) is 11.3 Å². The summed E-state index contributed by atoms with van der Waals surface area (Å²) >= 11 is 0. The third kappa shape index (κ3) is 2.86. The van der Waals surface area contributed by atoms with Gasteiger partial charge in [0.1, 0.15) is 0 Å². The molecular weight excluding hydrogens is 254 g/mol. The van der Waals surface area contributed by atoms with Crippen LogP contribution in [0.2, 0.25) is 0 Å². The predicted molar refractivity (Wildman–Crippen MR) is 64.6 cm³/mol. The van der Waals surface area contributed by atoms with Gasteiger partial charge in [-0.15, -0.1) is 0 Å². The lowest BCUT2D eigenvalue weighted by atomic mass is 10.2. The van der Waals surface area contributed by atoms with Gasteiger partial charge < -0.3 is 10.2 Å². The molecule has 1 heterocycles. The third-order valence-electron chi connectivity index (χ3n) is 2.63. The van der Waals surface area contributed by atoms with E-state index >= 15 is 0 Å². The summed E-state index contributed by atoms with van der Waals surface area (Å²) in [7, 11) is 0. The Morgan fingerprint density at radius 2 is 2.26 bits per heavy atom. The smallest absolute Gasteiger partial charge is 0.306 e. The van der Waals surface area contributed by atoms with Crippen LogP contribution in [0.1, 0.15) is 6.42 Å². The summed E-state index contributed by atoms with van der Waals surface area (Å²) in [5.74, 6) is -1.12. The Morgan fingerprint density at radius 3 is 2.89 bits per heavy atom. The van der Waals surface area contributed by atoms with Crippen LogP contribution in [0.3, 0.4) is 0 Å². The summed E-state index contributed by atoms with van der Waals surface area (Å²) in [6.07, 6.45) is 0.00268. The molecule has 1 unspecified atom stereocenters. The number of nitro groups is 1. The molecule has 0 saturated carbocycles. The average Bonchev–Trinajstić information content (AvgIpc) is 2.70. The number of rotatable bonds is 5. The molecule has 1 aromatic heterocycles. The van der Waals surface area contributed by atoms with Crippen LogP contribution in [0.25, 0.3) is 10.9 Å². The van der Waals surface area contributed by atoms with Gasteiger partial charge in [-0.3, -0.25) is 19.6 Å². The van der Waals surface area contributed by atoms with Crippen LogP contribution in [0, 0.1) is 10.1 Å². The first-order valence-corrected chi connectivity index (χ1v) is 5.47. The molecule has 2 aromatic rings. The fourth-order valence-corrected chi connectivity index (χ4v) is 1.78. The van der Waals surface area contributed by atoms with Crippen molar-refractivity contribution in [3.05, 3.63) is 34.5 Å². The van der Waals surface area contributed by atoms with E-state index in [0.717, 1.165) is 0 Å². The zero-order chi connectivity index (χ0) is 14.0. The summed E-state index contributed by atoms with van der Waals surface area (Å²) in [5.41, 5.74) is 0.403. The molecule has 0 amide bonds. The Bertz CT molecular complexity index is 636. The third-order valence-corrected chi connectivity index (χ3v) is 2.63. The number of nitro benzene ring substituents is 1. The first kappa shape index (κ1) is 13.0. The molecular formula is C11H11N3O5. The molecule has 0 spiro atoms. The van der Waals surface area contributed by atoms with Crippen molar-refractivity contribution in [3.63, 3.8) is 0 Å². The van der Waals surface area contributed by atoms with E-state index in [1.165, 1.54) is 23.0 Å². The van der Waals surface area contributed by atoms with Gasteiger partial charge in [0, 0.05) is 17.5 Å². The van der Waals surface area contributed by atoms with Gasteiger partial charge in [0.25, 0.3) is 5.69 Å². The molecule has 0 aliphatic rings. The number of non-ortho nitro benzene ring substituents is 1. The number of aliphatic hydroxyl groups excluding tert-OH is 1. The molecule has 0 fully saturated rings. The number of carboxylic acid groups (broad SMARTS) is 1. The zero-order valence-corrected chi connectivity index (χ0v) is 9.76. The van der Waals surface area contributed by atoms with E-state index in [0.29, 0.717) is 10.9 Å². The normalized spacial score (nSPS) is 12.5. The molecule has 0 aliphatic heterocycles. The van der Waals surface area contributed by atoms with Crippen molar-refractivity contribution in [3.8, 4) is 0 Å². The van der Waals surface area contributed by atoms with E-state index < -0.39 is 23.4 Å². The van der Waals surface area contributed by atoms with Crippen LogP contribution < -0.4 is 0 Å². The van der Waals surface area contributed by atoms with Gasteiger partial charge in [-0.05, 0) is 6.07 Å². The number of fused-ring (bicyclic) bond motifs is 1. The van der Waals surface area contributed by atoms with E-state index in [2.05, 4.69) is 5.10 Å². The molecule has 1 atom stereocenters. The predicted octanol–water partition coefficient (Wildman–Crippen LogP) is 0.780. The molecule has 0 bridgehead atoms. The number of aliphatic carboxylic acids is 1. The second kappa shape index (κ2) is 5.02. The van der Waals surface area contributed by atoms with Crippen LogP contribution in [0.15, 0.2) is 24.4 Å². The Balaban J connectivity index is 2.30. The van der Waals surface area contributed by atoms with Crippen LogP contribution >= 0.6 is 0 Å². The van der Waals surface area contributed by atoms with Crippen molar-refractivity contribution in [2.24, 2.45) is 0 Å². The fraction of sp³-hybridized carbons (Fsp3) is 0.273. The first-order chi connectivity index (χ1) is 8.97. The van der Waals surface area contributed by atoms with Gasteiger partial charge >= 0.3 is 5.97 Å². The minimum Gasteiger partial charge on any atom is -0.481 e. The monoisotopic (exact) mass is 265 g/mol. The highest BCUT2D eigenvalue weighted by molar-refractivity contribution is 5.81. The van der Waals surface area contributed by atoms with Crippen molar-refractivity contribution in [2.45, 2.75) is 19.1 Å². The molecule has 100 valence electrons. The van der Waals surface area contributed by atoms with Crippen LogP contribution in [0.4, 0.5) is 5.69 Å². The SMILES string of the molecule is O=C(O)CC(O)Cn1ncc2ccc([N+](=O)[O-])cc21. The van der Waals surface area contributed by atoms with Crippen molar-refractivity contribution in [2.75, 3.05) is 0 Å². The summed E-state index contributed by atoms with van der Waals surface area (Å²) in [6, 6.07) is 4.26. The largest absolute Gasteiger partial charge is 0.481 e. The van der Waals surface area contributed by atoms with E-state index in [9.17, 15) is 20.0 Å². The van der Waals surface area contributed by atoms with Gasteiger partial charge in [-0.25, -0.2) is 0 Å². The maximum absolute atomic E-state index is 10.7. The molecule has 2 N–H and O–H groups in total. The highest BCUT2D eigenvalue weighted by atomic mass is 16.6. The summed E-state index contributed by atoms with van der Waals surface area (Å²) in [6.45, 7) is -0.0308. The maximum Gasteiger partial charge on any atom is 0.306 e. The Labute approximate surface area is 107 Å². The van der Waals surface area contributed by atoms with Gasteiger partial charge in [0.2, 0.25) is 0 Å². The molecule has 0 radical (unpaired) electrons. The Hall–Kier alpha value is -2.48. The first-order valence-electron chi connectivity index (χ1n) is 5.47. The summed E-state index contributed by atoms with van der Waals surface area (Å²) in [4.78, 5) is 20.6. The lowest BCUT2D eigenvalue weighted by Crippen LogP contribution is -2.20. The van der Waals surface area contributed by atoms with Crippen molar-refractivity contribution in [1.29, 1.82) is 0 Å². The number of hydrogen-bond donors (Lipinski definition) is 2. The molecule has 19 heavy (non-hydrogen) atoms. The number of aromatic nitrogens is 2. The number of carboxylic acids is 1. The fourth-order valence-electron chi connectivity index (χ4n) is 1.78. The highest BCUT2D eigenvalue weighted by Crippen LogP contribution is 2.20. The van der Waals surface area contributed by atoms with E-state index in [1.54, 1.807) is 6.07 Å². The van der Waals surface area contributed by atoms with E-state index in [-0.39, 0.29) is 12.2 Å². The molecule has 8 nitrogen and oxygen atoms in total. The number of aliphatic hydroxyl groups is 1. The van der Waals surface area contributed by atoms with Crippen molar-refractivity contribution in [1.82, 2.24) is 9.78 Å². The minimum atomic E-state index is -1.12. The quantitative estimate of drug-likeness (QED) is 0.609. The number of nitrogens with zero attached hydrogens (tertiary/aromatic N) is 3. The topological polar surface area (TPSA) is 118 Å². The zero-order valence-electron chi connectivity index (χ0n) is 9.76. The van der Waals surface area contributed by atoms with Crippen molar-refractivity contribution < 1.29 is 19.9 Å². The van der Waals surface area contributed by atoms with Gasteiger partial charge in [-0.1, -0.05) is 0 Å². The summed E-state index contributed by atoms with van der Waals surface area (Å²) < 4.78 is 1.36. The maximum atomic E-state index is 10.7. The summed E-state index contributed by atoms with van der Waals surface area (Å²) in [5, 5.41) is 33.5. The number of benzene rings is 1. The minimum absolute atomic E-state index is 0.0308. The van der Waals surface area contributed by atoms with Crippen LogP contribution in [-0.4, -0.2) is 37.0 Å². The van der Waals surface area contributed by atoms with E-state index in [1.807, 2.05) is 0 Å². The standard InChI is InChI=1S/C11H11N3O5/c15-9(4-11(16)17)6-13-10-3-8(14(18)19)2-1-7(10)5-12-13/h1-3,5,9,15H,4,6H2,(H,16,17). The lowest BCUT2D eigenvalue weighted by molar-refractivity contribution is -0.384. The second-order valence-corrected chi connectivity index (χ2v) is 4.08. The van der Waals surface area contributed by atoms with Crippen molar-refractivity contribution >= 4 is 22.6 Å². The Kier molecular flexibility index (Phi) is 3.43. The molecule has 2 rings (SSSR count). The average molecular weight is 265 g/mol. The molecule has 0 saturated heterocycles. The highest BCUT2D eigenvalue weighted by Gasteiger charge is 2.14. The number of carbonyl (C=O) groups is 1. The molecule has 8 heteroatoms.